The van der Waals surface area contributed by atoms with Gasteiger partial charge in [-0.3, -0.25) is 0 Å². The summed E-state index contributed by atoms with van der Waals surface area (Å²) in [5.74, 6) is 0.0590. The van der Waals surface area contributed by atoms with Crippen molar-refractivity contribution in [3.05, 3.63) is 101 Å². The van der Waals surface area contributed by atoms with Crippen LogP contribution < -0.4 is 4.50 Å². The third kappa shape index (κ3) is 5.14. The average molecular weight is 488 g/mol. The molecule has 0 aliphatic carbocycles. The Kier molecular flexibility index (Phi) is 6.08. The van der Waals surface area contributed by atoms with Gasteiger partial charge in [-0.05, 0) is 72.8 Å². The molecule has 34 heavy (non-hydrogen) atoms. The Labute approximate surface area is 204 Å². The Balaban J connectivity index is 0.000000204. The molecule has 6 heteroatoms. The summed E-state index contributed by atoms with van der Waals surface area (Å²) in [6.45, 7) is 1.54. The normalized spacial score (nSPS) is 11.7. The summed E-state index contributed by atoms with van der Waals surface area (Å²) in [7, 11) is 0. The van der Waals surface area contributed by atoms with Gasteiger partial charge >= 0.3 is 67.6 Å². The number of H-pyrrole nitrogens is 2. The molecule has 5 nitrogen and oxygen atoms in total. The maximum atomic E-state index is 10.8. The summed E-state index contributed by atoms with van der Waals surface area (Å²) in [5, 5.41) is 0. The molecule has 0 spiro atoms. The molecule has 8 bridgehead atoms. The van der Waals surface area contributed by atoms with Crippen molar-refractivity contribution in [2.45, 2.75) is 6.92 Å². The van der Waals surface area contributed by atoms with Gasteiger partial charge in [0.25, 0.3) is 0 Å². The van der Waals surface area contributed by atoms with Crippen molar-refractivity contribution in [2.24, 2.45) is 0 Å². The Morgan fingerprint density at radius 1 is 0.647 bits per heavy atom. The minimum absolute atomic E-state index is 0.0590. The molecule has 0 amide bonds. The predicted molar refractivity (Wildman–Crippen MR) is 135 cm³/mol. The molecule has 1 aromatic carbocycles. The number of rotatable bonds is 1. The van der Waals surface area contributed by atoms with Crippen molar-refractivity contribution in [1.82, 2.24) is 19.9 Å². The SMILES string of the molecule is C1=Cc2cc3ccc(cc4nc(cc5ccc(cc1n2)[nH]5)C=C4)[nH]3.CC(=O)c1cccc[c]1[Co]. The van der Waals surface area contributed by atoms with Crippen molar-refractivity contribution in [2.75, 3.05) is 0 Å². The molecule has 0 saturated heterocycles. The zero-order valence-electron chi connectivity index (χ0n) is 18.4. The second kappa shape index (κ2) is 9.47. The standard InChI is InChI=1S/C20H14N4.C8H7O.Co/c1-2-14-10-16-5-6-18(23-16)12-20-8-7-19(24-20)11-17-4-3-15(22-17)9-13(1)21-14;1-7(9)8-5-3-2-4-6-8;/h1-12,21,24H;2-5H,1H3;. The van der Waals surface area contributed by atoms with Crippen molar-refractivity contribution >= 4 is 56.7 Å². The number of fused-ring (bicyclic) bond motifs is 8. The number of nitrogens with zero attached hydrogens (tertiary/aromatic N) is 2. The number of hydrogen-bond acceptors (Lipinski definition) is 3. The predicted octanol–water partition coefficient (Wildman–Crippen LogP) is 5.72. The Morgan fingerprint density at radius 2 is 1.03 bits per heavy atom. The van der Waals surface area contributed by atoms with E-state index in [1.54, 1.807) is 12.1 Å². The van der Waals surface area contributed by atoms with Crippen LogP contribution in [0.1, 0.15) is 40.1 Å². The van der Waals surface area contributed by atoms with Crippen LogP contribution in [0.25, 0.3) is 46.4 Å². The topological polar surface area (TPSA) is 74.4 Å². The summed E-state index contributed by atoms with van der Waals surface area (Å²) in [5.41, 5.74) is 8.54. The minimum atomic E-state index is 0.0590. The molecule has 168 valence electrons. The first-order valence-electron chi connectivity index (χ1n) is 10.8. The number of aromatic nitrogens is 4. The van der Waals surface area contributed by atoms with Gasteiger partial charge in [0, 0.05) is 22.1 Å². The molecule has 4 aromatic rings. The Morgan fingerprint density at radius 3 is 1.35 bits per heavy atom. The van der Waals surface area contributed by atoms with E-state index in [4.69, 9.17) is 0 Å². The van der Waals surface area contributed by atoms with Crippen LogP contribution in [0.5, 0.6) is 0 Å². The van der Waals surface area contributed by atoms with Crippen LogP contribution >= 0.6 is 0 Å². The van der Waals surface area contributed by atoms with Gasteiger partial charge in [0.2, 0.25) is 0 Å². The van der Waals surface area contributed by atoms with Crippen LogP contribution in [-0.2, 0) is 15.7 Å². The van der Waals surface area contributed by atoms with Crippen LogP contribution in [-0.4, -0.2) is 25.7 Å². The number of nitrogens with one attached hydrogen (secondary N) is 2. The maximum absolute atomic E-state index is 10.8. The van der Waals surface area contributed by atoms with Gasteiger partial charge in [0.15, 0.2) is 0 Å². The first-order valence-corrected chi connectivity index (χ1v) is 11.3. The fourth-order valence-corrected chi connectivity index (χ4v) is 4.04. The van der Waals surface area contributed by atoms with Crippen molar-refractivity contribution in [1.29, 1.82) is 0 Å². The number of hydrogen-bond donors (Lipinski definition) is 2. The number of benzene rings is 1. The van der Waals surface area contributed by atoms with Crippen LogP contribution in [0.15, 0.2) is 72.8 Å². The zero-order valence-corrected chi connectivity index (χ0v) is 19.4. The molecule has 2 aliphatic heterocycles. The molecule has 0 radical (unpaired) electrons. The second-order valence-corrected chi connectivity index (χ2v) is 8.48. The summed E-state index contributed by atoms with van der Waals surface area (Å²) >= 11 is 4.17. The van der Waals surface area contributed by atoms with E-state index in [0.717, 1.165) is 49.3 Å². The van der Waals surface area contributed by atoms with Crippen LogP contribution in [0.4, 0.5) is 0 Å². The number of Topliss-reactive ketones (excluding diaryl/α,β-unsaturated/α-hetero) is 1. The Bertz CT molecular complexity index is 1430. The van der Waals surface area contributed by atoms with Crippen molar-refractivity contribution in [3.8, 4) is 0 Å². The molecule has 2 aliphatic rings. The number of aromatic amines is 2. The fraction of sp³-hybridized carbons (Fsp3) is 0.0357. The zero-order chi connectivity index (χ0) is 23.5. The summed E-state index contributed by atoms with van der Waals surface area (Å²) in [6.07, 6.45) is 8.09. The van der Waals surface area contributed by atoms with E-state index >= 15 is 0 Å². The van der Waals surface area contributed by atoms with E-state index in [1.807, 2.05) is 60.7 Å². The van der Waals surface area contributed by atoms with Gasteiger partial charge in [-0.1, -0.05) is 0 Å². The van der Waals surface area contributed by atoms with Crippen LogP contribution in [0.2, 0.25) is 0 Å². The Hall–Kier alpha value is -4.00. The molecule has 3 aromatic heterocycles. The average Bonchev–Trinajstić information content (AvgIpc) is 3.60. The molecule has 5 heterocycles. The van der Waals surface area contributed by atoms with E-state index in [2.05, 4.69) is 59.9 Å². The quantitative estimate of drug-likeness (QED) is 0.291. The number of carbonyl (C=O) groups excluding carboxylic acids is 1. The van der Waals surface area contributed by atoms with Crippen molar-refractivity contribution < 1.29 is 20.5 Å². The molecular weight excluding hydrogens is 467 g/mol. The first kappa shape index (κ1) is 21.8. The molecule has 0 fully saturated rings. The molecular formula is C28H21CoN4O. The van der Waals surface area contributed by atoms with Gasteiger partial charge in [0.1, 0.15) is 0 Å². The fourth-order valence-electron chi connectivity index (χ4n) is 3.67. The molecule has 2 N–H and O–H groups in total. The first-order chi connectivity index (χ1) is 16.5. The van der Waals surface area contributed by atoms with Gasteiger partial charge in [0.05, 0.1) is 22.8 Å². The molecule has 6 rings (SSSR count). The number of carbonyl (C=O) groups is 1. The van der Waals surface area contributed by atoms with Gasteiger partial charge < -0.3 is 9.97 Å². The molecule has 0 unspecified atom stereocenters. The van der Waals surface area contributed by atoms with E-state index < -0.39 is 0 Å². The monoisotopic (exact) mass is 488 g/mol. The third-order valence-electron chi connectivity index (χ3n) is 5.28. The van der Waals surface area contributed by atoms with E-state index in [0.29, 0.717) is 5.56 Å². The van der Waals surface area contributed by atoms with Gasteiger partial charge in [-0.2, -0.15) is 0 Å². The van der Waals surface area contributed by atoms with E-state index in [-0.39, 0.29) is 5.78 Å². The van der Waals surface area contributed by atoms with Crippen LogP contribution in [0, 0.1) is 0 Å². The summed E-state index contributed by atoms with van der Waals surface area (Å²) in [6, 6.07) is 23.6. The van der Waals surface area contributed by atoms with Crippen LogP contribution in [0.3, 0.4) is 0 Å². The van der Waals surface area contributed by atoms with Gasteiger partial charge in [-0.15, -0.1) is 0 Å². The van der Waals surface area contributed by atoms with Gasteiger partial charge in [-0.25, -0.2) is 9.97 Å². The van der Waals surface area contributed by atoms with E-state index in [1.165, 1.54) is 6.92 Å². The second-order valence-electron chi connectivity index (χ2n) is 7.92. The van der Waals surface area contributed by atoms with E-state index in [9.17, 15) is 4.79 Å². The van der Waals surface area contributed by atoms with Crippen molar-refractivity contribution in [3.63, 3.8) is 0 Å². The molecule has 0 saturated carbocycles. The summed E-state index contributed by atoms with van der Waals surface area (Å²) < 4.78 is 0.738. The summed E-state index contributed by atoms with van der Waals surface area (Å²) in [4.78, 5) is 26.8. The molecule has 0 atom stereocenters. The number of ketones is 1. The third-order valence-corrected chi connectivity index (χ3v) is 5.73.